The van der Waals surface area contributed by atoms with Gasteiger partial charge in [0.05, 0.1) is 34.9 Å². The van der Waals surface area contributed by atoms with Crippen LogP contribution in [0, 0.1) is 0 Å². The van der Waals surface area contributed by atoms with Crippen molar-refractivity contribution in [2.45, 2.75) is 12.5 Å². The van der Waals surface area contributed by atoms with E-state index in [0.717, 1.165) is 21.9 Å². The number of rotatable bonds is 5. The molecule has 0 unspecified atom stereocenters. The van der Waals surface area contributed by atoms with Crippen molar-refractivity contribution in [1.82, 2.24) is 20.3 Å². The number of esters is 1. The monoisotopic (exact) mass is 386 g/mol. The molecule has 29 heavy (non-hydrogen) atoms. The topological polar surface area (TPSA) is 94.1 Å². The van der Waals surface area contributed by atoms with E-state index in [9.17, 15) is 9.59 Å². The first-order valence-corrected chi connectivity index (χ1v) is 9.08. The lowest BCUT2D eigenvalue weighted by atomic mass is 10.1. The number of nitrogens with one attached hydrogen (secondary N) is 1. The molecule has 4 aromatic rings. The van der Waals surface area contributed by atoms with Gasteiger partial charge in [-0.05, 0) is 24.3 Å². The van der Waals surface area contributed by atoms with Crippen LogP contribution in [0.3, 0.4) is 0 Å². The second kappa shape index (κ2) is 8.02. The zero-order valence-electron chi connectivity index (χ0n) is 15.7. The molecule has 2 heterocycles. The quantitative estimate of drug-likeness (QED) is 0.530. The highest BCUT2D eigenvalue weighted by Crippen LogP contribution is 2.14. The van der Waals surface area contributed by atoms with Crippen LogP contribution in [0.25, 0.3) is 21.9 Å². The summed E-state index contributed by atoms with van der Waals surface area (Å²) in [5.74, 6) is -0.963. The number of pyridine rings is 1. The molecule has 1 N–H and O–H groups in total. The minimum absolute atomic E-state index is 0.164. The molecule has 0 aliphatic rings. The number of benzene rings is 2. The van der Waals surface area contributed by atoms with Crippen LogP contribution in [0.1, 0.15) is 16.1 Å². The molecular weight excluding hydrogens is 368 g/mol. The summed E-state index contributed by atoms with van der Waals surface area (Å²) in [4.78, 5) is 38.2. The maximum Gasteiger partial charge on any atom is 0.328 e. The highest BCUT2D eigenvalue weighted by atomic mass is 16.5. The molecule has 7 heteroatoms. The van der Waals surface area contributed by atoms with Crippen molar-refractivity contribution in [3.63, 3.8) is 0 Å². The summed E-state index contributed by atoms with van der Waals surface area (Å²) >= 11 is 0. The van der Waals surface area contributed by atoms with E-state index in [1.54, 1.807) is 12.3 Å². The number of nitrogens with zero attached hydrogens (tertiary/aromatic N) is 3. The number of methoxy groups -OCH3 is 1. The van der Waals surface area contributed by atoms with Crippen molar-refractivity contribution in [1.29, 1.82) is 0 Å². The van der Waals surface area contributed by atoms with E-state index >= 15 is 0 Å². The Morgan fingerprint density at radius 1 is 0.966 bits per heavy atom. The normalized spacial score (nSPS) is 11.9. The van der Waals surface area contributed by atoms with Crippen LogP contribution in [-0.2, 0) is 16.0 Å². The molecule has 1 amide bonds. The molecule has 0 radical (unpaired) electrons. The Bertz CT molecular complexity index is 1210. The average Bonchev–Trinajstić information content (AvgIpc) is 2.77. The van der Waals surface area contributed by atoms with Gasteiger partial charge in [-0.2, -0.15) is 0 Å². The fourth-order valence-corrected chi connectivity index (χ4v) is 3.08. The second-order valence-electron chi connectivity index (χ2n) is 6.52. The van der Waals surface area contributed by atoms with Crippen LogP contribution in [0.4, 0.5) is 0 Å². The Morgan fingerprint density at radius 2 is 1.66 bits per heavy atom. The first-order chi connectivity index (χ1) is 14.1. The van der Waals surface area contributed by atoms with Crippen molar-refractivity contribution < 1.29 is 14.3 Å². The molecule has 7 nitrogen and oxygen atoms in total. The Labute approximate surface area is 166 Å². The van der Waals surface area contributed by atoms with Gasteiger partial charge in [0.2, 0.25) is 0 Å². The van der Waals surface area contributed by atoms with Crippen LogP contribution in [-0.4, -0.2) is 40.0 Å². The molecule has 0 spiro atoms. The summed E-state index contributed by atoms with van der Waals surface area (Å²) in [7, 11) is 1.28. The maximum atomic E-state index is 12.7. The molecule has 0 aliphatic carbocycles. The third-order valence-electron chi connectivity index (χ3n) is 4.56. The van der Waals surface area contributed by atoms with Gasteiger partial charge in [0.1, 0.15) is 6.04 Å². The molecule has 2 aromatic carbocycles. The third-order valence-corrected chi connectivity index (χ3v) is 4.56. The number of fused-ring (bicyclic) bond motifs is 2. The summed E-state index contributed by atoms with van der Waals surface area (Å²) < 4.78 is 4.86. The van der Waals surface area contributed by atoms with Gasteiger partial charge in [-0.15, -0.1) is 0 Å². The largest absolute Gasteiger partial charge is 0.467 e. The van der Waals surface area contributed by atoms with Crippen molar-refractivity contribution in [2.24, 2.45) is 0 Å². The number of hydrogen-bond acceptors (Lipinski definition) is 6. The Balaban J connectivity index is 1.57. The van der Waals surface area contributed by atoms with Crippen molar-refractivity contribution in [3.05, 3.63) is 78.2 Å². The van der Waals surface area contributed by atoms with Gasteiger partial charge in [0.25, 0.3) is 5.91 Å². The second-order valence-corrected chi connectivity index (χ2v) is 6.52. The van der Waals surface area contributed by atoms with E-state index in [-0.39, 0.29) is 6.42 Å². The lowest BCUT2D eigenvalue weighted by Crippen LogP contribution is -2.43. The maximum absolute atomic E-state index is 12.7. The Hall–Kier alpha value is -3.87. The first-order valence-electron chi connectivity index (χ1n) is 9.08. The number of para-hydroxylation sites is 3. The highest BCUT2D eigenvalue weighted by molar-refractivity contribution is 5.99. The minimum Gasteiger partial charge on any atom is -0.467 e. The summed E-state index contributed by atoms with van der Waals surface area (Å²) in [6.07, 6.45) is 3.25. The molecule has 144 valence electrons. The SMILES string of the molecule is COC(=O)[C@H](Cc1cnc2ccccc2n1)NC(=O)c1cnc2ccccc2c1. The van der Waals surface area contributed by atoms with Gasteiger partial charge < -0.3 is 10.1 Å². The smallest absolute Gasteiger partial charge is 0.328 e. The predicted octanol–water partition coefficient (Wildman–Crippen LogP) is 2.69. The summed E-state index contributed by atoms with van der Waals surface area (Å²) in [6, 6.07) is 15.8. The Kier molecular flexibility index (Phi) is 5.11. The number of aromatic nitrogens is 3. The lowest BCUT2D eigenvalue weighted by molar-refractivity contribution is -0.142. The molecule has 0 aliphatic heterocycles. The molecule has 1 atom stereocenters. The van der Waals surface area contributed by atoms with Crippen LogP contribution < -0.4 is 5.32 Å². The van der Waals surface area contributed by atoms with Crippen molar-refractivity contribution in [2.75, 3.05) is 7.11 Å². The van der Waals surface area contributed by atoms with E-state index in [0.29, 0.717) is 11.3 Å². The van der Waals surface area contributed by atoms with E-state index in [2.05, 4.69) is 20.3 Å². The number of ether oxygens (including phenoxy) is 1. The number of hydrogen-bond donors (Lipinski definition) is 1. The summed E-state index contributed by atoms with van der Waals surface area (Å²) in [6.45, 7) is 0. The first kappa shape index (κ1) is 18.5. The molecule has 2 aromatic heterocycles. The van der Waals surface area contributed by atoms with Crippen LogP contribution in [0.5, 0.6) is 0 Å². The molecule has 4 rings (SSSR count). The number of amides is 1. The van der Waals surface area contributed by atoms with E-state index < -0.39 is 17.9 Å². The molecular formula is C22H18N4O3. The van der Waals surface area contributed by atoms with Crippen molar-refractivity contribution in [3.8, 4) is 0 Å². The summed E-state index contributed by atoms with van der Waals surface area (Å²) in [5.41, 5.74) is 3.22. The number of carbonyl (C=O) groups is 2. The van der Waals surface area contributed by atoms with E-state index in [4.69, 9.17) is 4.74 Å². The van der Waals surface area contributed by atoms with Crippen LogP contribution in [0.15, 0.2) is 67.0 Å². The van der Waals surface area contributed by atoms with Gasteiger partial charge in [0.15, 0.2) is 0 Å². The van der Waals surface area contributed by atoms with Gasteiger partial charge in [-0.25, -0.2) is 9.78 Å². The van der Waals surface area contributed by atoms with Crippen LogP contribution >= 0.6 is 0 Å². The molecule has 0 bridgehead atoms. The van der Waals surface area contributed by atoms with Gasteiger partial charge >= 0.3 is 5.97 Å². The lowest BCUT2D eigenvalue weighted by Gasteiger charge is -2.16. The van der Waals surface area contributed by atoms with Crippen molar-refractivity contribution >= 4 is 33.8 Å². The van der Waals surface area contributed by atoms with Gasteiger partial charge in [-0.1, -0.05) is 30.3 Å². The predicted molar refractivity (Wildman–Crippen MR) is 108 cm³/mol. The fourth-order valence-electron chi connectivity index (χ4n) is 3.08. The van der Waals surface area contributed by atoms with Crippen LogP contribution in [0.2, 0.25) is 0 Å². The zero-order chi connectivity index (χ0) is 20.2. The molecule has 0 fully saturated rings. The molecule has 0 saturated carbocycles. The molecule has 0 saturated heterocycles. The standard InChI is InChI=1S/C22H18N4O3/c1-29-22(28)20(11-16-13-24-18-8-4-5-9-19(18)25-16)26-21(27)15-10-14-6-2-3-7-17(14)23-12-15/h2-10,12-13,20H,11H2,1H3,(H,26,27)/t20-/m0/s1. The highest BCUT2D eigenvalue weighted by Gasteiger charge is 2.24. The zero-order valence-corrected chi connectivity index (χ0v) is 15.7. The van der Waals surface area contributed by atoms with E-state index in [1.165, 1.54) is 13.3 Å². The number of carbonyl (C=O) groups excluding carboxylic acids is 2. The summed E-state index contributed by atoms with van der Waals surface area (Å²) in [5, 5.41) is 3.57. The minimum atomic E-state index is -0.894. The Morgan fingerprint density at radius 3 is 2.45 bits per heavy atom. The average molecular weight is 386 g/mol. The fraction of sp³-hybridized carbons (Fsp3) is 0.136. The van der Waals surface area contributed by atoms with E-state index in [1.807, 2.05) is 48.5 Å². The third kappa shape index (κ3) is 4.03. The van der Waals surface area contributed by atoms with Gasteiger partial charge in [0, 0.05) is 24.2 Å². The van der Waals surface area contributed by atoms with Gasteiger partial charge in [-0.3, -0.25) is 14.8 Å².